The van der Waals surface area contributed by atoms with E-state index in [0.29, 0.717) is 10.8 Å². The molecule has 35 heavy (non-hydrogen) atoms. The highest BCUT2D eigenvalue weighted by Gasteiger charge is 2.19. The van der Waals surface area contributed by atoms with Gasteiger partial charge in [0, 0.05) is 41.6 Å². The summed E-state index contributed by atoms with van der Waals surface area (Å²) in [4.78, 5) is 30.2. The van der Waals surface area contributed by atoms with Crippen LogP contribution in [0.4, 0.5) is 0 Å². The van der Waals surface area contributed by atoms with Gasteiger partial charge in [-0.3, -0.25) is 14.6 Å². The van der Waals surface area contributed by atoms with Crippen molar-refractivity contribution in [3.05, 3.63) is 107 Å². The Hall–Kier alpha value is -4.59. The molecule has 174 valence electrons. The molecule has 0 spiro atoms. The van der Waals surface area contributed by atoms with Crippen LogP contribution in [0.3, 0.4) is 0 Å². The van der Waals surface area contributed by atoms with Crippen molar-refractivity contribution in [1.82, 2.24) is 29.9 Å². The van der Waals surface area contributed by atoms with Gasteiger partial charge in [-0.25, -0.2) is 9.36 Å². The van der Waals surface area contributed by atoms with Gasteiger partial charge in [0.05, 0.1) is 22.8 Å². The largest absolute Gasteiger partial charge is 0.346 e. The smallest absolute Gasteiger partial charge is 0.274 e. The molecule has 0 bridgehead atoms. The summed E-state index contributed by atoms with van der Waals surface area (Å²) < 4.78 is 3.15. The molecule has 0 aliphatic heterocycles. The summed E-state index contributed by atoms with van der Waals surface area (Å²) in [5, 5.41) is 13.2. The van der Waals surface area contributed by atoms with Gasteiger partial charge < -0.3 is 5.32 Å². The highest BCUT2D eigenvalue weighted by Crippen LogP contribution is 2.23. The number of aromatic nitrogens is 5. The highest BCUT2D eigenvalue weighted by atomic mass is 16.2. The molecule has 0 atom stereocenters. The number of rotatable bonds is 6. The predicted molar refractivity (Wildman–Crippen MR) is 134 cm³/mol. The summed E-state index contributed by atoms with van der Waals surface area (Å²) in [6.07, 6.45) is 5.33. The van der Waals surface area contributed by atoms with Crippen LogP contribution in [-0.2, 0) is 6.54 Å². The monoisotopic (exact) mass is 464 g/mol. The van der Waals surface area contributed by atoms with E-state index >= 15 is 0 Å². The lowest BCUT2D eigenvalue weighted by atomic mass is 10.1. The van der Waals surface area contributed by atoms with Gasteiger partial charge in [-0.15, -0.1) is 0 Å². The van der Waals surface area contributed by atoms with Crippen LogP contribution < -0.4 is 10.9 Å². The van der Waals surface area contributed by atoms with E-state index in [0.717, 1.165) is 22.5 Å². The van der Waals surface area contributed by atoms with E-state index < -0.39 is 0 Å². The molecule has 0 saturated carbocycles. The Morgan fingerprint density at radius 1 is 0.914 bits per heavy atom. The van der Waals surface area contributed by atoms with Crippen molar-refractivity contribution in [3.63, 3.8) is 0 Å². The fourth-order valence-electron chi connectivity index (χ4n) is 3.99. The van der Waals surface area contributed by atoms with Crippen molar-refractivity contribution in [2.75, 3.05) is 0 Å². The quantitative estimate of drug-likeness (QED) is 0.407. The van der Waals surface area contributed by atoms with Crippen LogP contribution in [0.25, 0.3) is 27.7 Å². The van der Waals surface area contributed by atoms with Crippen molar-refractivity contribution in [2.45, 2.75) is 26.4 Å². The van der Waals surface area contributed by atoms with E-state index in [1.165, 1.54) is 4.68 Å². The maximum Gasteiger partial charge on any atom is 0.274 e. The van der Waals surface area contributed by atoms with Crippen LogP contribution in [-0.4, -0.2) is 30.5 Å². The Bertz CT molecular complexity index is 1560. The maximum atomic E-state index is 13.3. The van der Waals surface area contributed by atoms with E-state index in [-0.39, 0.29) is 29.7 Å². The zero-order chi connectivity index (χ0) is 24.4. The average Bonchev–Trinajstić information content (AvgIpc) is 3.33. The maximum absolute atomic E-state index is 13.3. The van der Waals surface area contributed by atoms with Crippen LogP contribution in [0.5, 0.6) is 0 Å². The van der Waals surface area contributed by atoms with Gasteiger partial charge in [0.15, 0.2) is 5.69 Å². The third-order valence-corrected chi connectivity index (χ3v) is 5.74. The Labute approximate surface area is 201 Å². The molecule has 5 rings (SSSR count). The number of nitrogens with zero attached hydrogens (tertiary/aromatic N) is 5. The molecule has 0 saturated heterocycles. The van der Waals surface area contributed by atoms with Gasteiger partial charge in [0.25, 0.3) is 11.5 Å². The molecule has 0 aliphatic carbocycles. The average molecular weight is 465 g/mol. The second-order valence-electron chi connectivity index (χ2n) is 8.44. The molecule has 0 aliphatic rings. The molecular weight excluding hydrogens is 440 g/mol. The standard InChI is InChI=1S/C27H24N6O2/c1-18(2)33-27(35)23-11-7-6-10-22(23)25(31-33)26(34)29-16-20-17-32(21-8-4-3-5-9-21)30-24(20)19-12-14-28-15-13-19/h3-15,17-18H,16H2,1-2H3,(H,29,34). The summed E-state index contributed by atoms with van der Waals surface area (Å²) >= 11 is 0. The molecule has 8 nitrogen and oxygen atoms in total. The van der Waals surface area contributed by atoms with Gasteiger partial charge in [-0.2, -0.15) is 10.2 Å². The van der Waals surface area contributed by atoms with E-state index in [1.54, 1.807) is 41.3 Å². The minimum atomic E-state index is -0.358. The van der Waals surface area contributed by atoms with Gasteiger partial charge in [-0.05, 0) is 44.2 Å². The molecule has 0 fully saturated rings. The molecule has 0 unspecified atom stereocenters. The third-order valence-electron chi connectivity index (χ3n) is 5.74. The molecule has 1 amide bonds. The van der Waals surface area contributed by atoms with Crippen molar-refractivity contribution in [1.29, 1.82) is 0 Å². The van der Waals surface area contributed by atoms with Crippen molar-refractivity contribution < 1.29 is 4.79 Å². The molecular formula is C27H24N6O2. The number of pyridine rings is 1. The zero-order valence-electron chi connectivity index (χ0n) is 19.4. The van der Waals surface area contributed by atoms with E-state index in [2.05, 4.69) is 15.4 Å². The predicted octanol–water partition coefficient (Wildman–Crippen LogP) is 4.16. The van der Waals surface area contributed by atoms with Gasteiger partial charge in [0.2, 0.25) is 0 Å². The summed E-state index contributed by atoms with van der Waals surface area (Å²) in [5.41, 5.74) is 3.41. The second-order valence-corrected chi connectivity index (χ2v) is 8.44. The first kappa shape index (κ1) is 22.2. The Kier molecular flexibility index (Phi) is 5.93. The molecule has 8 heteroatoms. The topological polar surface area (TPSA) is 94.7 Å². The SMILES string of the molecule is CC(C)n1nc(C(=O)NCc2cn(-c3ccccc3)nc2-c2ccncc2)c2ccccc2c1=O. The summed E-state index contributed by atoms with van der Waals surface area (Å²) in [5.74, 6) is -0.358. The minimum Gasteiger partial charge on any atom is -0.346 e. The number of nitrogens with one attached hydrogen (secondary N) is 1. The van der Waals surface area contributed by atoms with Crippen LogP contribution in [0.1, 0.15) is 35.9 Å². The summed E-state index contributed by atoms with van der Waals surface area (Å²) in [7, 11) is 0. The molecule has 5 aromatic rings. The van der Waals surface area contributed by atoms with E-state index in [1.807, 2.05) is 62.5 Å². The number of carbonyl (C=O) groups excluding carboxylic acids is 1. The lowest BCUT2D eigenvalue weighted by Crippen LogP contribution is -2.31. The van der Waals surface area contributed by atoms with Crippen LogP contribution in [0, 0.1) is 0 Å². The summed E-state index contributed by atoms with van der Waals surface area (Å²) in [6, 6.07) is 20.4. The van der Waals surface area contributed by atoms with Crippen molar-refractivity contribution in [3.8, 4) is 16.9 Å². The number of para-hydroxylation sites is 1. The molecule has 3 heterocycles. The lowest BCUT2D eigenvalue weighted by Gasteiger charge is -2.13. The molecule has 1 N–H and O–H groups in total. The molecule has 3 aromatic heterocycles. The van der Waals surface area contributed by atoms with Crippen molar-refractivity contribution in [2.24, 2.45) is 0 Å². The Balaban J connectivity index is 1.51. The van der Waals surface area contributed by atoms with Crippen LogP contribution in [0.15, 0.2) is 90.1 Å². The number of hydrogen-bond donors (Lipinski definition) is 1. The number of fused-ring (bicyclic) bond motifs is 1. The number of carbonyl (C=O) groups is 1. The second kappa shape index (κ2) is 9.34. The minimum absolute atomic E-state index is 0.180. The number of amides is 1. The zero-order valence-corrected chi connectivity index (χ0v) is 19.4. The highest BCUT2D eigenvalue weighted by molar-refractivity contribution is 6.04. The Morgan fingerprint density at radius 3 is 2.31 bits per heavy atom. The lowest BCUT2D eigenvalue weighted by molar-refractivity contribution is 0.0945. The van der Waals surface area contributed by atoms with E-state index in [9.17, 15) is 9.59 Å². The number of benzene rings is 2. The number of hydrogen-bond acceptors (Lipinski definition) is 5. The van der Waals surface area contributed by atoms with E-state index in [4.69, 9.17) is 5.10 Å². The van der Waals surface area contributed by atoms with Crippen LogP contribution in [0.2, 0.25) is 0 Å². The Morgan fingerprint density at radius 2 is 1.60 bits per heavy atom. The fourth-order valence-corrected chi connectivity index (χ4v) is 3.99. The van der Waals surface area contributed by atoms with Crippen molar-refractivity contribution >= 4 is 16.7 Å². The first-order valence-corrected chi connectivity index (χ1v) is 11.4. The van der Waals surface area contributed by atoms with Gasteiger partial charge in [0.1, 0.15) is 0 Å². The normalized spacial score (nSPS) is 11.2. The fraction of sp³-hybridized carbons (Fsp3) is 0.148. The van der Waals surface area contributed by atoms with Gasteiger partial charge >= 0.3 is 0 Å². The summed E-state index contributed by atoms with van der Waals surface area (Å²) in [6.45, 7) is 3.97. The molecule has 2 aromatic carbocycles. The first-order chi connectivity index (χ1) is 17.0. The third kappa shape index (κ3) is 4.33. The first-order valence-electron chi connectivity index (χ1n) is 11.4. The van der Waals surface area contributed by atoms with Gasteiger partial charge in [-0.1, -0.05) is 36.4 Å². The molecule has 0 radical (unpaired) electrons. The van der Waals surface area contributed by atoms with Crippen LogP contribution >= 0.6 is 0 Å².